The second-order valence-corrected chi connectivity index (χ2v) is 11.8. The fourth-order valence-corrected chi connectivity index (χ4v) is 3.86. The molecule has 1 unspecified atom stereocenters. The zero-order valence-electron chi connectivity index (χ0n) is 22.3. The molecule has 10 nitrogen and oxygen atoms in total. The summed E-state index contributed by atoms with van der Waals surface area (Å²) >= 11 is 3.44. The Hall–Kier alpha value is -2.78. The molecule has 1 saturated heterocycles. The van der Waals surface area contributed by atoms with Gasteiger partial charge in [0.25, 0.3) is 5.91 Å². The highest BCUT2D eigenvalue weighted by Gasteiger charge is 2.31. The van der Waals surface area contributed by atoms with Crippen LogP contribution in [0.2, 0.25) is 0 Å². The Morgan fingerprint density at radius 1 is 1.21 bits per heavy atom. The van der Waals surface area contributed by atoms with E-state index in [1.165, 1.54) is 11.8 Å². The van der Waals surface area contributed by atoms with Crippen LogP contribution in [-0.4, -0.2) is 82.2 Å². The van der Waals surface area contributed by atoms with Crippen LogP contribution in [0.15, 0.2) is 34.9 Å². The van der Waals surface area contributed by atoms with E-state index in [2.05, 4.69) is 68.9 Å². The van der Waals surface area contributed by atoms with Crippen molar-refractivity contribution in [3.05, 3.63) is 51.9 Å². The number of carboxylic acid groups (broad SMARTS) is 1. The van der Waals surface area contributed by atoms with E-state index in [9.17, 15) is 23.6 Å². The summed E-state index contributed by atoms with van der Waals surface area (Å²) in [6.45, 7) is 11.9. The Morgan fingerprint density at radius 3 is 2.26 bits per heavy atom. The summed E-state index contributed by atoms with van der Waals surface area (Å²) in [4.78, 5) is 35.3. The number of nitrogens with zero attached hydrogens (tertiary/aromatic N) is 6. The third-order valence-electron chi connectivity index (χ3n) is 5.45. The Balaban J connectivity index is 0.000000673. The number of hydrogen-bond donors (Lipinski definition) is 2. The zero-order valence-corrected chi connectivity index (χ0v) is 25.0. The average molecular weight is 628 g/mol. The number of carboxylic acids is 1. The van der Waals surface area contributed by atoms with Gasteiger partial charge in [0.05, 0.1) is 4.47 Å². The molecule has 1 aromatic heterocycles. The van der Waals surface area contributed by atoms with Crippen molar-refractivity contribution in [2.75, 3.05) is 44.8 Å². The summed E-state index contributed by atoms with van der Waals surface area (Å²) in [5, 5.41) is 18.3. The number of hydrazine groups is 1. The first-order valence-corrected chi connectivity index (χ1v) is 13.4. The Morgan fingerprint density at radius 2 is 1.77 bits per heavy atom. The van der Waals surface area contributed by atoms with Crippen LogP contribution in [0, 0.1) is 16.7 Å². The number of halogens is 3. The van der Waals surface area contributed by atoms with Crippen molar-refractivity contribution in [1.29, 1.82) is 5.26 Å². The van der Waals surface area contributed by atoms with Gasteiger partial charge in [0.2, 0.25) is 5.82 Å². The van der Waals surface area contributed by atoms with Gasteiger partial charge in [0.1, 0.15) is 6.07 Å². The largest absolute Gasteiger partial charge is 0.477 e. The summed E-state index contributed by atoms with van der Waals surface area (Å²) in [6.07, 6.45) is 1.52. The molecule has 0 radical (unpaired) electrons. The van der Waals surface area contributed by atoms with Crippen molar-refractivity contribution < 1.29 is 23.5 Å². The third-order valence-corrected chi connectivity index (χ3v) is 6.26. The summed E-state index contributed by atoms with van der Waals surface area (Å²) in [7, 11) is 3.05. The summed E-state index contributed by atoms with van der Waals surface area (Å²) < 4.78 is 23.0. The van der Waals surface area contributed by atoms with E-state index >= 15 is 0 Å². The monoisotopic (exact) mass is 627 g/mol. The van der Waals surface area contributed by atoms with Crippen molar-refractivity contribution in [2.24, 2.45) is 5.41 Å². The molecule has 0 saturated carbocycles. The summed E-state index contributed by atoms with van der Waals surface area (Å²) in [5.74, 6) is -1.86. The highest BCUT2D eigenvalue weighted by molar-refractivity contribution is 9.10. The van der Waals surface area contributed by atoms with E-state index in [4.69, 9.17) is 5.11 Å². The molecular weight excluding hydrogens is 595 g/mol. The minimum absolute atomic E-state index is 0.0459. The van der Waals surface area contributed by atoms with Crippen LogP contribution in [-0.2, 0) is 11.3 Å². The number of carbonyl (C=O) groups excluding carboxylic acids is 1. The van der Waals surface area contributed by atoms with Gasteiger partial charge in [-0.3, -0.25) is 20.1 Å². The maximum Gasteiger partial charge on any atom is 0.378 e. The fourth-order valence-electron chi connectivity index (χ4n) is 3.46. The number of aliphatic carboxylic acids is 1. The molecule has 1 fully saturated rings. The van der Waals surface area contributed by atoms with Gasteiger partial charge in [-0.1, -0.05) is 32.9 Å². The zero-order chi connectivity index (χ0) is 29.4. The maximum absolute atomic E-state index is 13.0. The SMILES string of the molecule is CN1CCN(Cc2ccc(C(=O)NN(CC(C)(C)C)c3nc(C#N)ncc3Br)cc2)CC1.O=C(O)C(F)(F)P. The smallest absolute Gasteiger partial charge is 0.378 e. The molecule has 39 heavy (non-hydrogen) atoms. The van der Waals surface area contributed by atoms with Crippen LogP contribution >= 0.6 is 25.2 Å². The first kappa shape index (κ1) is 32.4. The van der Waals surface area contributed by atoms with Gasteiger partial charge in [-0.2, -0.15) is 19.0 Å². The van der Waals surface area contributed by atoms with E-state index in [0.29, 0.717) is 22.4 Å². The standard InChI is InChI=1S/C23H30BrN7O.C2H3F2O2P/c1-23(2,3)16-31(21-19(24)14-26-20(13-25)27-21)28-22(32)18-7-5-17(6-8-18)15-30-11-9-29(4)10-12-30;3-2(4,7)1(5)6/h5-8,14H,9-12,15-16H2,1-4H3,(H,28,32);7H2,(H,5,6). The third kappa shape index (κ3) is 11.1. The van der Waals surface area contributed by atoms with Crippen LogP contribution < -0.4 is 10.4 Å². The predicted molar refractivity (Wildman–Crippen MR) is 150 cm³/mol. The quantitative estimate of drug-likeness (QED) is 0.350. The molecule has 0 aliphatic carbocycles. The molecule has 1 aliphatic heterocycles. The van der Waals surface area contributed by atoms with Gasteiger partial charge < -0.3 is 10.0 Å². The molecule has 0 spiro atoms. The maximum atomic E-state index is 13.0. The molecule has 14 heteroatoms. The minimum Gasteiger partial charge on any atom is -0.477 e. The molecule has 3 rings (SSSR count). The lowest BCUT2D eigenvalue weighted by Gasteiger charge is -2.32. The predicted octanol–water partition coefficient (Wildman–Crippen LogP) is 3.59. The molecule has 1 atom stereocenters. The summed E-state index contributed by atoms with van der Waals surface area (Å²) in [5.41, 5.74) is 0.914. The minimum atomic E-state index is -3.67. The summed E-state index contributed by atoms with van der Waals surface area (Å²) in [6, 6.07) is 9.68. The first-order valence-electron chi connectivity index (χ1n) is 12.0. The normalized spacial score (nSPS) is 14.5. The van der Waals surface area contributed by atoms with Gasteiger partial charge in [-0.25, -0.2) is 9.78 Å². The van der Waals surface area contributed by atoms with Crippen molar-refractivity contribution in [3.8, 4) is 6.07 Å². The van der Waals surface area contributed by atoms with Crippen molar-refractivity contribution in [3.63, 3.8) is 0 Å². The number of anilines is 1. The molecule has 1 aliphatic rings. The van der Waals surface area contributed by atoms with Crippen molar-refractivity contribution >= 4 is 42.9 Å². The number of nitriles is 1. The lowest BCUT2D eigenvalue weighted by Crippen LogP contribution is -2.47. The molecule has 1 amide bonds. The van der Waals surface area contributed by atoms with Crippen molar-refractivity contribution in [1.82, 2.24) is 25.2 Å². The van der Waals surface area contributed by atoms with E-state index in [1.807, 2.05) is 30.3 Å². The number of rotatable bonds is 7. The number of piperazine rings is 1. The van der Waals surface area contributed by atoms with E-state index in [0.717, 1.165) is 42.0 Å². The van der Waals surface area contributed by atoms with Gasteiger partial charge >= 0.3 is 11.6 Å². The average Bonchev–Trinajstić information content (AvgIpc) is 2.85. The Bertz CT molecular complexity index is 1180. The van der Waals surface area contributed by atoms with Crippen molar-refractivity contribution in [2.45, 2.75) is 33.0 Å². The highest BCUT2D eigenvalue weighted by atomic mass is 79.9. The number of alkyl halides is 2. The molecule has 1 aromatic carbocycles. The Kier molecular flexibility index (Phi) is 11.7. The lowest BCUT2D eigenvalue weighted by atomic mass is 9.97. The van der Waals surface area contributed by atoms with E-state index < -0.39 is 11.6 Å². The number of carbonyl (C=O) groups is 2. The van der Waals surface area contributed by atoms with Gasteiger partial charge in [-0.05, 0) is 55.3 Å². The van der Waals surface area contributed by atoms with Crippen LogP contribution in [0.4, 0.5) is 14.6 Å². The number of benzene rings is 1. The molecule has 212 valence electrons. The molecule has 2 N–H and O–H groups in total. The Labute approximate surface area is 237 Å². The second kappa shape index (κ2) is 14.0. The molecule has 0 bridgehead atoms. The number of hydrogen-bond acceptors (Lipinski definition) is 8. The topological polar surface area (TPSA) is 126 Å². The number of likely N-dealkylation sites (N-methyl/N-ethyl adjacent to an activating group) is 1. The van der Waals surface area contributed by atoms with Gasteiger partial charge in [0.15, 0.2) is 5.82 Å². The highest BCUT2D eigenvalue weighted by Crippen LogP contribution is 2.26. The first-order chi connectivity index (χ1) is 18.1. The molecular formula is C25H33BrF2N7O3P. The van der Waals surface area contributed by atoms with Gasteiger partial charge in [-0.15, -0.1) is 0 Å². The lowest BCUT2D eigenvalue weighted by molar-refractivity contribution is -0.153. The van der Waals surface area contributed by atoms with Crippen LogP contribution in [0.5, 0.6) is 0 Å². The number of nitrogens with one attached hydrogen (secondary N) is 1. The second-order valence-electron chi connectivity index (χ2n) is 10.3. The van der Waals surface area contributed by atoms with Crippen LogP contribution in [0.3, 0.4) is 0 Å². The van der Waals surface area contributed by atoms with Gasteiger partial charge in [0, 0.05) is 51.0 Å². The fraction of sp³-hybridized carbons (Fsp3) is 0.480. The van der Waals surface area contributed by atoms with E-state index in [-0.39, 0.29) is 17.1 Å². The molecule has 2 aromatic rings. The molecule has 2 heterocycles. The van der Waals surface area contributed by atoms with E-state index in [1.54, 1.807) is 5.01 Å². The van der Waals surface area contributed by atoms with Crippen LogP contribution in [0.25, 0.3) is 0 Å². The number of amides is 1. The van der Waals surface area contributed by atoms with Crippen LogP contribution in [0.1, 0.15) is 42.5 Å². The number of aromatic nitrogens is 2.